The van der Waals surface area contributed by atoms with E-state index in [2.05, 4.69) is 20.9 Å². The van der Waals surface area contributed by atoms with Gasteiger partial charge < -0.3 is 4.98 Å². The van der Waals surface area contributed by atoms with Crippen LogP contribution >= 0.6 is 15.9 Å². The predicted octanol–water partition coefficient (Wildman–Crippen LogP) is 4.51. The number of nitrogens with zero attached hydrogens (tertiary/aromatic N) is 1. The lowest BCUT2D eigenvalue weighted by Gasteiger charge is -2.19. The van der Waals surface area contributed by atoms with Crippen molar-refractivity contribution in [2.75, 3.05) is 0 Å². The molecule has 1 N–H and O–H groups in total. The Morgan fingerprint density at radius 2 is 1.80 bits per heavy atom. The van der Waals surface area contributed by atoms with Crippen LogP contribution in [0.2, 0.25) is 0 Å². The van der Waals surface area contributed by atoms with E-state index in [9.17, 15) is 4.79 Å². The van der Waals surface area contributed by atoms with Gasteiger partial charge in [-0.25, -0.2) is 4.98 Å². The number of aromatic amines is 1. The van der Waals surface area contributed by atoms with E-state index in [-0.39, 0.29) is 5.56 Å². The summed E-state index contributed by atoms with van der Waals surface area (Å²) in [5.74, 6) is 1.29. The van der Waals surface area contributed by atoms with Crippen molar-refractivity contribution < 1.29 is 0 Å². The summed E-state index contributed by atoms with van der Waals surface area (Å²) in [5, 5.41) is 0.661. The van der Waals surface area contributed by atoms with E-state index in [0.29, 0.717) is 11.3 Å². The minimum atomic E-state index is -0.0200. The zero-order chi connectivity index (χ0) is 13.9. The van der Waals surface area contributed by atoms with E-state index in [1.165, 1.54) is 32.1 Å². The van der Waals surface area contributed by atoms with Gasteiger partial charge in [-0.1, -0.05) is 48.0 Å². The molecule has 0 saturated heterocycles. The largest absolute Gasteiger partial charge is 0.310 e. The molecule has 1 aliphatic carbocycles. The van der Waals surface area contributed by atoms with Crippen LogP contribution in [0.25, 0.3) is 10.9 Å². The third kappa shape index (κ3) is 2.95. The zero-order valence-electron chi connectivity index (χ0n) is 11.5. The summed E-state index contributed by atoms with van der Waals surface area (Å²) in [6.07, 6.45) is 8.74. The van der Waals surface area contributed by atoms with Gasteiger partial charge in [-0.05, 0) is 31.0 Å². The van der Waals surface area contributed by atoms with Gasteiger partial charge in [0.05, 0.1) is 10.9 Å². The molecular weight excluding hydrogens is 316 g/mol. The summed E-state index contributed by atoms with van der Waals surface area (Å²) in [7, 11) is 0. The van der Waals surface area contributed by atoms with Crippen LogP contribution in [0.3, 0.4) is 0 Å². The number of rotatable bonds is 1. The van der Waals surface area contributed by atoms with Crippen LogP contribution in [0.1, 0.15) is 56.7 Å². The molecule has 0 atom stereocenters. The van der Waals surface area contributed by atoms with Gasteiger partial charge in [-0.2, -0.15) is 0 Å². The van der Waals surface area contributed by atoms with Crippen molar-refractivity contribution in [1.82, 2.24) is 9.97 Å². The van der Waals surface area contributed by atoms with Gasteiger partial charge in [-0.15, -0.1) is 0 Å². The van der Waals surface area contributed by atoms with Crippen molar-refractivity contribution in [1.29, 1.82) is 0 Å². The topological polar surface area (TPSA) is 45.8 Å². The first-order valence-corrected chi connectivity index (χ1v) is 8.23. The Balaban J connectivity index is 1.98. The summed E-state index contributed by atoms with van der Waals surface area (Å²) in [4.78, 5) is 19.9. The van der Waals surface area contributed by atoms with Crippen LogP contribution in [0.15, 0.2) is 27.5 Å². The van der Waals surface area contributed by atoms with Gasteiger partial charge in [0.2, 0.25) is 0 Å². The molecule has 0 spiro atoms. The molecule has 1 aromatic heterocycles. The van der Waals surface area contributed by atoms with Crippen molar-refractivity contribution in [3.05, 3.63) is 38.9 Å². The molecule has 1 aliphatic rings. The quantitative estimate of drug-likeness (QED) is 0.833. The smallest absolute Gasteiger partial charge is 0.258 e. The zero-order valence-corrected chi connectivity index (χ0v) is 13.1. The van der Waals surface area contributed by atoms with E-state index >= 15 is 0 Å². The van der Waals surface area contributed by atoms with Gasteiger partial charge >= 0.3 is 0 Å². The van der Waals surface area contributed by atoms with Crippen LogP contribution < -0.4 is 5.56 Å². The minimum Gasteiger partial charge on any atom is -0.310 e. The van der Waals surface area contributed by atoms with Crippen LogP contribution in [0, 0.1) is 0 Å². The molecule has 4 heteroatoms. The fraction of sp³-hybridized carbons (Fsp3) is 0.500. The Morgan fingerprint density at radius 1 is 1.10 bits per heavy atom. The summed E-state index contributed by atoms with van der Waals surface area (Å²) in [6, 6.07) is 5.70. The van der Waals surface area contributed by atoms with Crippen molar-refractivity contribution in [2.24, 2.45) is 0 Å². The molecule has 0 bridgehead atoms. The van der Waals surface area contributed by atoms with Gasteiger partial charge in [0.25, 0.3) is 5.56 Å². The van der Waals surface area contributed by atoms with E-state index in [1.807, 2.05) is 18.2 Å². The maximum Gasteiger partial charge on any atom is 0.258 e. The van der Waals surface area contributed by atoms with Gasteiger partial charge in [-0.3, -0.25) is 4.79 Å². The summed E-state index contributed by atoms with van der Waals surface area (Å²) in [5.41, 5.74) is 0.780. The van der Waals surface area contributed by atoms with Gasteiger partial charge in [0.1, 0.15) is 5.82 Å². The monoisotopic (exact) mass is 334 g/mol. The fourth-order valence-corrected chi connectivity index (χ4v) is 3.41. The van der Waals surface area contributed by atoms with Crippen molar-refractivity contribution in [3.8, 4) is 0 Å². The Morgan fingerprint density at radius 3 is 2.55 bits per heavy atom. The molecule has 20 heavy (non-hydrogen) atoms. The van der Waals surface area contributed by atoms with Crippen LogP contribution in [-0.4, -0.2) is 9.97 Å². The third-order valence-corrected chi connectivity index (χ3v) is 4.67. The Bertz CT molecular complexity index is 657. The number of hydrogen-bond acceptors (Lipinski definition) is 2. The molecule has 0 radical (unpaired) electrons. The van der Waals surface area contributed by atoms with Gasteiger partial charge in [0.15, 0.2) is 0 Å². The SMILES string of the molecule is O=c1[nH]c(C2CCCCCCC2)nc2ccc(Br)cc12. The molecule has 1 heterocycles. The number of aromatic nitrogens is 2. The van der Waals surface area contributed by atoms with Crippen LogP contribution in [0.5, 0.6) is 0 Å². The molecule has 2 aromatic rings. The Labute approximate surface area is 126 Å². The van der Waals surface area contributed by atoms with Crippen molar-refractivity contribution in [2.45, 2.75) is 50.9 Å². The van der Waals surface area contributed by atoms with E-state index in [1.54, 1.807) is 0 Å². The van der Waals surface area contributed by atoms with Crippen LogP contribution in [0.4, 0.5) is 0 Å². The molecule has 0 amide bonds. The maximum atomic E-state index is 12.2. The fourth-order valence-electron chi connectivity index (χ4n) is 3.05. The lowest BCUT2D eigenvalue weighted by atomic mass is 9.90. The number of halogens is 1. The average Bonchev–Trinajstić information content (AvgIpc) is 2.39. The maximum absolute atomic E-state index is 12.2. The van der Waals surface area contributed by atoms with E-state index in [4.69, 9.17) is 4.98 Å². The van der Waals surface area contributed by atoms with Gasteiger partial charge in [0, 0.05) is 10.4 Å². The third-order valence-electron chi connectivity index (χ3n) is 4.18. The van der Waals surface area contributed by atoms with Crippen molar-refractivity contribution in [3.63, 3.8) is 0 Å². The molecular formula is C16H19BrN2O. The highest BCUT2D eigenvalue weighted by molar-refractivity contribution is 9.10. The molecule has 106 valence electrons. The number of hydrogen-bond donors (Lipinski definition) is 1. The lowest BCUT2D eigenvalue weighted by molar-refractivity contribution is 0.442. The number of nitrogens with one attached hydrogen (secondary N) is 1. The first-order valence-electron chi connectivity index (χ1n) is 7.43. The first kappa shape index (κ1) is 13.8. The Hall–Kier alpha value is -1.16. The predicted molar refractivity (Wildman–Crippen MR) is 85.1 cm³/mol. The summed E-state index contributed by atoms with van der Waals surface area (Å²) in [6.45, 7) is 0. The molecule has 1 fully saturated rings. The van der Waals surface area contributed by atoms with E-state index < -0.39 is 0 Å². The normalized spacial score (nSPS) is 17.9. The molecule has 3 nitrogen and oxygen atoms in total. The summed E-state index contributed by atoms with van der Waals surface area (Å²) >= 11 is 3.40. The second-order valence-corrected chi connectivity index (χ2v) is 6.57. The van der Waals surface area contributed by atoms with Crippen molar-refractivity contribution >= 4 is 26.8 Å². The molecule has 0 unspecified atom stereocenters. The second kappa shape index (κ2) is 6.08. The minimum absolute atomic E-state index is 0.0200. The van der Waals surface area contributed by atoms with Crippen LogP contribution in [-0.2, 0) is 0 Å². The molecule has 3 rings (SSSR count). The first-order chi connectivity index (χ1) is 9.74. The molecule has 1 saturated carbocycles. The standard InChI is InChI=1S/C16H19BrN2O/c17-12-8-9-14-13(10-12)16(20)19-15(18-14)11-6-4-2-1-3-5-7-11/h8-11H,1-7H2,(H,18,19,20). The molecule has 1 aromatic carbocycles. The summed E-state index contributed by atoms with van der Waals surface area (Å²) < 4.78 is 0.913. The highest BCUT2D eigenvalue weighted by Crippen LogP contribution is 2.29. The number of benzene rings is 1. The highest BCUT2D eigenvalue weighted by atomic mass is 79.9. The molecule has 0 aliphatic heterocycles. The Kier molecular flexibility index (Phi) is 4.20. The highest BCUT2D eigenvalue weighted by Gasteiger charge is 2.17. The van der Waals surface area contributed by atoms with E-state index in [0.717, 1.165) is 28.7 Å². The second-order valence-electron chi connectivity index (χ2n) is 5.65. The number of fused-ring (bicyclic) bond motifs is 1. The lowest BCUT2D eigenvalue weighted by Crippen LogP contribution is -2.15. The number of H-pyrrole nitrogens is 1. The average molecular weight is 335 g/mol.